The summed E-state index contributed by atoms with van der Waals surface area (Å²) in [5.41, 5.74) is 9.30. The Morgan fingerprint density at radius 2 is 1.78 bits per heavy atom. The standard InChI is InChI=1S/C15H23N3/c1-10-8-7-9-11-12(10)18(6)13(17-11)14(2,3)15(4,5)16/h7-9H,16H2,1-6H3. The highest BCUT2D eigenvalue weighted by Crippen LogP contribution is 2.34. The Balaban J connectivity index is 2.75. The van der Waals surface area contributed by atoms with E-state index in [9.17, 15) is 0 Å². The van der Waals surface area contributed by atoms with Gasteiger partial charge in [0.25, 0.3) is 0 Å². The van der Waals surface area contributed by atoms with Gasteiger partial charge in [-0.15, -0.1) is 0 Å². The fraction of sp³-hybridized carbons (Fsp3) is 0.533. The summed E-state index contributed by atoms with van der Waals surface area (Å²) in [6, 6.07) is 6.23. The van der Waals surface area contributed by atoms with Crippen molar-refractivity contribution in [3.05, 3.63) is 29.6 Å². The van der Waals surface area contributed by atoms with Crippen molar-refractivity contribution in [3.63, 3.8) is 0 Å². The molecule has 0 aliphatic rings. The highest BCUT2D eigenvalue weighted by atomic mass is 15.1. The Kier molecular flexibility index (Phi) is 2.78. The number of aromatic nitrogens is 2. The second-order valence-corrected chi connectivity index (χ2v) is 6.28. The fourth-order valence-electron chi connectivity index (χ4n) is 2.31. The van der Waals surface area contributed by atoms with E-state index >= 15 is 0 Å². The predicted molar refractivity (Wildman–Crippen MR) is 76.7 cm³/mol. The molecule has 98 valence electrons. The van der Waals surface area contributed by atoms with Crippen molar-refractivity contribution in [2.24, 2.45) is 12.8 Å². The van der Waals surface area contributed by atoms with E-state index in [0.717, 1.165) is 11.3 Å². The summed E-state index contributed by atoms with van der Waals surface area (Å²) < 4.78 is 2.18. The van der Waals surface area contributed by atoms with Crippen LogP contribution in [0.3, 0.4) is 0 Å². The number of rotatable bonds is 2. The lowest BCUT2D eigenvalue weighted by atomic mass is 9.74. The van der Waals surface area contributed by atoms with Crippen LogP contribution < -0.4 is 5.73 Å². The summed E-state index contributed by atoms with van der Waals surface area (Å²) in [4.78, 5) is 4.79. The molecule has 0 unspecified atom stereocenters. The zero-order chi connectivity index (χ0) is 13.7. The molecule has 0 bridgehead atoms. The highest BCUT2D eigenvalue weighted by molar-refractivity contribution is 5.79. The zero-order valence-electron chi connectivity index (χ0n) is 12.2. The van der Waals surface area contributed by atoms with E-state index in [1.807, 2.05) is 0 Å². The lowest BCUT2D eigenvalue weighted by Crippen LogP contribution is -2.51. The number of hydrogen-bond acceptors (Lipinski definition) is 2. The quantitative estimate of drug-likeness (QED) is 0.884. The van der Waals surface area contributed by atoms with Crippen LogP contribution in [-0.4, -0.2) is 15.1 Å². The third-order valence-corrected chi connectivity index (χ3v) is 4.27. The van der Waals surface area contributed by atoms with Crippen LogP contribution in [0.5, 0.6) is 0 Å². The zero-order valence-corrected chi connectivity index (χ0v) is 12.2. The van der Waals surface area contributed by atoms with Gasteiger partial charge in [-0.25, -0.2) is 4.98 Å². The Bertz CT molecular complexity index is 586. The molecule has 2 N–H and O–H groups in total. The van der Waals surface area contributed by atoms with Crippen LogP contribution in [0.4, 0.5) is 0 Å². The molecule has 0 aliphatic carbocycles. The molecule has 0 saturated heterocycles. The summed E-state index contributed by atoms with van der Waals surface area (Å²) in [5.74, 6) is 1.04. The number of imidazole rings is 1. The lowest BCUT2D eigenvalue weighted by molar-refractivity contribution is 0.286. The molecule has 0 amide bonds. The molecule has 0 fully saturated rings. The number of nitrogens with two attached hydrogens (primary N) is 1. The van der Waals surface area contributed by atoms with Gasteiger partial charge in [0.1, 0.15) is 5.82 Å². The molecule has 0 atom stereocenters. The van der Waals surface area contributed by atoms with Crippen molar-refractivity contribution in [2.45, 2.75) is 45.6 Å². The number of benzene rings is 1. The number of aryl methyl sites for hydroxylation is 2. The first kappa shape index (κ1) is 13.1. The molecular formula is C15H23N3. The van der Waals surface area contributed by atoms with Crippen molar-refractivity contribution in [1.29, 1.82) is 0 Å². The van der Waals surface area contributed by atoms with Crippen LogP contribution in [0.1, 0.15) is 39.1 Å². The van der Waals surface area contributed by atoms with E-state index < -0.39 is 0 Å². The second kappa shape index (κ2) is 3.82. The SMILES string of the molecule is Cc1cccc2nc(C(C)(C)C(C)(C)N)n(C)c12. The molecule has 1 aromatic heterocycles. The van der Waals surface area contributed by atoms with E-state index in [1.165, 1.54) is 11.1 Å². The Morgan fingerprint density at radius 3 is 2.28 bits per heavy atom. The summed E-state index contributed by atoms with van der Waals surface area (Å²) in [6.07, 6.45) is 0. The molecule has 1 aromatic carbocycles. The van der Waals surface area contributed by atoms with E-state index in [2.05, 4.69) is 64.4 Å². The van der Waals surface area contributed by atoms with Gasteiger partial charge in [-0.3, -0.25) is 0 Å². The molecule has 0 radical (unpaired) electrons. The topological polar surface area (TPSA) is 43.8 Å². The first-order valence-corrected chi connectivity index (χ1v) is 6.37. The summed E-state index contributed by atoms with van der Waals surface area (Å²) >= 11 is 0. The number of fused-ring (bicyclic) bond motifs is 1. The minimum atomic E-state index is -0.323. The Morgan fingerprint density at radius 1 is 1.17 bits per heavy atom. The van der Waals surface area contributed by atoms with Gasteiger partial charge >= 0.3 is 0 Å². The molecule has 18 heavy (non-hydrogen) atoms. The van der Waals surface area contributed by atoms with Gasteiger partial charge in [0, 0.05) is 18.0 Å². The smallest absolute Gasteiger partial charge is 0.117 e. The number of para-hydroxylation sites is 1. The molecular weight excluding hydrogens is 222 g/mol. The molecule has 3 nitrogen and oxygen atoms in total. The fourth-order valence-corrected chi connectivity index (χ4v) is 2.31. The molecule has 3 heteroatoms. The van der Waals surface area contributed by atoms with E-state index in [-0.39, 0.29) is 11.0 Å². The van der Waals surface area contributed by atoms with E-state index in [4.69, 9.17) is 10.7 Å². The van der Waals surface area contributed by atoms with E-state index in [1.54, 1.807) is 0 Å². The van der Waals surface area contributed by atoms with Crippen LogP contribution in [-0.2, 0) is 12.5 Å². The minimum Gasteiger partial charge on any atom is -0.330 e. The predicted octanol–water partition coefficient (Wildman–Crippen LogP) is 2.90. The van der Waals surface area contributed by atoms with Crippen molar-refractivity contribution < 1.29 is 0 Å². The van der Waals surface area contributed by atoms with Gasteiger partial charge in [-0.1, -0.05) is 26.0 Å². The maximum Gasteiger partial charge on any atom is 0.117 e. The van der Waals surface area contributed by atoms with Crippen LogP contribution in [0.25, 0.3) is 11.0 Å². The van der Waals surface area contributed by atoms with Gasteiger partial charge in [-0.2, -0.15) is 0 Å². The molecule has 2 rings (SSSR count). The average Bonchev–Trinajstić information content (AvgIpc) is 2.56. The third kappa shape index (κ3) is 1.74. The molecule has 1 heterocycles. The Hall–Kier alpha value is -1.35. The lowest BCUT2D eigenvalue weighted by Gasteiger charge is -2.37. The Labute approximate surface area is 109 Å². The van der Waals surface area contributed by atoms with Crippen LogP contribution in [0, 0.1) is 6.92 Å². The number of hydrogen-bond donors (Lipinski definition) is 1. The van der Waals surface area contributed by atoms with Crippen molar-refractivity contribution in [1.82, 2.24) is 9.55 Å². The maximum atomic E-state index is 6.32. The molecule has 2 aromatic rings. The third-order valence-electron chi connectivity index (χ3n) is 4.27. The van der Waals surface area contributed by atoms with Gasteiger partial charge in [0.05, 0.1) is 11.0 Å². The average molecular weight is 245 g/mol. The summed E-state index contributed by atoms with van der Waals surface area (Å²) in [5, 5.41) is 0. The van der Waals surface area contributed by atoms with Gasteiger partial charge < -0.3 is 10.3 Å². The van der Waals surface area contributed by atoms with Crippen molar-refractivity contribution in [2.75, 3.05) is 0 Å². The highest BCUT2D eigenvalue weighted by Gasteiger charge is 2.39. The molecule has 0 spiro atoms. The normalized spacial score (nSPS) is 13.3. The summed E-state index contributed by atoms with van der Waals surface area (Å²) in [6.45, 7) is 10.5. The van der Waals surface area contributed by atoms with E-state index in [0.29, 0.717) is 0 Å². The van der Waals surface area contributed by atoms with Gasteiger partial charge in [0.2, 0.25) is 0 Å². The van der Waals surface area contributed by atoms with Gasteiger partial charge in [0.15, 0.2) is 0 Å². The van der Waals surface area contributed by atoms with Crippen LogP contribution in [0.2, 0.25) is 0 Å². The van der Waals surface area contributed by atoms with Crippen molar-refractivity contribution in [3.8, 4) is 0 Å². The number of nitrogens with zero attached hydrogens (tertiary/aromatic N) is 2. The molecule has 0 saturated carbocycles. The van der Waals surface area contributed by atoms with Gasteiger partial charge in [-0.05, 0) is 32.4 Å². The first-order valence-electron chi connectivity index (χ1n) is 6.37. The second-order valence-electron chi connectivity index (χ2n) is 6.28. The minimum absolute atomic E-state index is 0.187. The monoisotopic (exact) mass is 245 g/mol. The maximum absolute atomic E-state index is 6.32. The van der Waals surface area contributed by atoms with Crippen LogP contribution in [0.15, 0.2) is 18.2 Å². The summed E-state index contributed by atoms with van der Waals surface area (Å²) in [7, 11) is 2.07. The van der Waals surface area contributed by atoms with Crippen LogP contribution >= 0.6 is 0 Å². The molecule has 0 aliphatic heterocycles. The first-order chi connectivity index (χ1) is 8.16. The van der Waals surface area contributed by atoms with Crippen molar-refractivity contribution >= 4 is 11.0 Å². The largest absolute Gasteiger partial charge is 0.330 e.